The molecule has 1 saturated carbocycles. The van der Waals surface area contributed by atoms with Crippen LogP contribution in [0.3, 0.4) is 0 Å². The summed E-state index contributed by atoms with van der Waals surface area (Å²) < 4.78 is 25.3. The van der Waals surface area contributed by atoms with E-state index in [0.29, 0.717) is 30.7 Å². The monoisotopic (exact) mass is 365 g/mol. The number of hydrogen-bond acceptors (Lipinski definition) is 5. The zero-order valence-electron chi connectivity index (χ0n) is 12.9. The van der Waals surface area contributed by atoms with Crippen LogP contribution in [0.25, 0.3) is 0 Å². The number of halogens is 1. The Morgan fingerprint density at radius 2 is 1.78 bits per heavy atom. The molecule has 0 aromatic heterocycles. The second-order valence-electron chi connectivity index (χ2n) is 5.55. The van der Waals surface area contributed by atoms with Crippen LogP contribution < -0.4 is 5.14 Å². The standard InChI is InChI=1S/C9H12ClNO3S.C6H12O2/c10-9-6-2-1-4-8(9)5-3-7-14-15(11,12)13;7-6(8)4-2-1-3-5-6/h1-2,4,6H,3,5,7H2,(H2,11,12,13);7-8H,1-5H2. The minimum absolute atomic E-state index is 0.0735. The van der Waals surface area contributed by atoms with Gasteiger partial charge < -0.3 is 10.2 Å². The molecule has 8 heteroatoms. The van der Waals surface area contributed by atoms with Crippen molar-refractivity contribution in [3.63, 3.8) is 0 Å². The third kappa shape index (κ3) is 9.91. The van der Waals surface area contributed by atoms with Gasteiger partial charge in [-0.1, -0.05) is 36.2 Å². The molecular formula is C15H24ClNO5S. The van der Waals surface area contributed by atoms with Crippen molar-refractivity contribution in [1.82, 2.24) is 0 Å². The van der Waals surface area contributed by atoms with Gasteiger partial charge in [-0.15, -0.1) is 0 Å². The van der Waals surface area contributed by atoms with Gasteiger partial charge >= 0.3 is 10.3 Å². The molecule has 1 fully saturated rings. The number of benzene rings is 1. The van der Waals surface area contributed by atoms with Gasteiger partial charge in [0.2, 0.25) is 0 Å². The van der Waals surface area contributed by atoms with Crippen molar-refractivity contribution < 1.29 is 22.8 Å². The highest BCUT2D eigenvalue weighted by Crippen LogP contribution is 2.24. The molecule has 1 aliphatic carbocycles. The van der Waals surface area contributed by atoms with Crippen LogP contribution in [-0.4, -0.2) is 31.0 Å². The molecule has 0 bridgehead atoms. The van der Waals surface area contributed by atoms with Crippen LogP contribution >= 0.6 is 11.6 Å². The van der Waals surface area contributed by atoms with Crippen LogP contribution in [-0.2, 0) is 20.9 Å². The fraction of sp³-hybridized carbons (Fsp3) is 0.600. The molecule has 0 radical (unpaired) electrons. The first-order chi connectivity index (χ1) is 10.7. The molecule has 0 spiro atoms. The largest absolute Gasteiger partial charge is 0.366 e. The third-order valence-electron chi connectivity index (χ3n) is 3.45. The SMILES string of the molecule is NS(=O)(=O)OCCCc1ccccc1Cl.OC1(O)CCCCC1. The Bertz CT molecular complexity index is 569. The van der Waals surface area contributed by atoms with Crippen LogP contribution in [0.2, 0.25) is 5.02 Å². The number of nitrogens with two attached hydrogens (primary N) is 1. The van der Waals surface area contributed by atoms with E-state index in [1.54, 1.807) is 6.07 Å². The predicted octanol–water partition coefficient (Wildman–Crippen LogP) is 2.12. The predicted molar refractivity (Wildman–Crippen MR) is 89.1 cm³/mol. The molecule has 0 unspecified atom stereocenters. The second kappa shape index (κ2) is 9.56. The average Bonchev–Trinajstić information content (AvgIpc) is 2.45. The van der Waals surface area contributed by atoms with Crippen molar-refractivity contribution in [3.05, 3.63) is 34.9 Å². The summed E-state index contributed by atoms with van der Waals surface area (Å²) in [5, 5.41) is 23.2. The molecule has 4 N–H and O–H groups in total. The maximum atomic E-state index is 10.4. The first-order valence-electron chi connectivity index (χ1n) is 7.55. The van der Waals surface area contributed by atoms with Gasteiger partial charge in [-0.3, -0.25) is 4.18 Å². The van der Waals surface area contributed by atoms with Crippen molar-refractivity contribution in [1.29, 1.82) is 0 Å². The molecule has 0 amide bonds. The topological polar surface area (TPSA) is 110 Å². The summed E-state index contributed by atoms with van der Waals surface area (Å²) in [5.41, 5.74) is 0.970. The van der Waals surface area contributed by atoms with Crippen molar-refractivity contribution >= 4 is 21.9 Å². The highest BCUT2D eigenvalue weighted by atomic mass is 35.5. The van der Waals surface area contributed by atoms with E-state index in [1.807, 2.05) is 18.2 Å². The molecule has 23 heavy (non-hydrogen) atoms. The first kappa shape index (κ1) is 20.3. The Morgan fingerprint density at radius 3 is 2.26 bits per heavy atom. The minimum atomic E-state index is -3.82. The number of rotatable bonds is 5. The van der Waals surface area contributed by atoms with E-state index in [0.717, 1.165) is 24.8 Å². The van der Waals surface area contributed by atoms with Gasteiger partial charge in [0, 0.05) is 17.9 Å². The van der Waals surface area contributed by atoms with Crippen LogP contribution in [0.5, 0.6) is 0 Å². The lowest BCUT2D eigenvalue weighted by molar-refractivity contribution is -0.180. The zero-order chi connectivity index (χ0) is 17.3. The normalized spacial score (nSPS) is 17.2. The smallest absolute Gasteiger partial charge is 0.333 e. The van der Waals surface area contributed by atoms with Gasteiger partial charge in [-0.05, 0) is 37.3 Å². The molecule has 0 saturated heterocycles. The Morgan fingerprint density at radius 1 is 1.17 bits per heavy atom. The highest BCUT2D eigenvalue weighted by Gasteiger charge is 2.24. The number of aryl methyl sites for hydroxylation is 1. The van der Waals surface area contributed by atoms with E-state index in [2.05, 4.69) is 9.32 Å². The molecule has 1 aromatic rings. The summed E-state index contributed by atoms with van der Waals surface area (Å²) in [6.45, 7) is 0.0735. The maximum Gasteiger partial charge on any atom is 0.333 e. The molecule has 0 atom stereocenters. The zero-order valence-corrected chi connectivity index (χ0v) is 14.5. The van der Waals surface area contributed by atoms with Gasteiger partial charge in [0.05, 0.1) is 6.61 Å². The lowest BCUT2D eigenvalue weighted by atomic mass is 9.95. The van der Waals surface area contributed by atoms with E-state index in [1.165, 1.54) is 0 Å². The summed E-state index contributed by atoms with van der Waals surface area (Å²) in [5.74, 6) is -1.32. The van der Waals surface area contributed by atoms with E-state index in [4.69, 9.17) is 21.8 Å². The third-order valence-corrected chi connectivity index (χ3v) is 4.31. The van der Waals surface area contributed by atoms with Gasteiger partial charge in [-0.2, -0.15) is 8.42 Å². The summed E-state index contributed by atoms with van der Waals surface area (Å²) in [6, 6.07) is 7.39. The maximum absolute atomic E-state index is 10.4. The summed E-state index contributed by atoms with van der Waals surface area (Å²) >= 11 is 5.91. The van der Waals surface area contributed by atoms with Crippen LogP contribution in [0, 0.1) is 0 Å². The van der Waals surface area contributed by atoms with E-state index in [-0.39, 0.29) is 6.61 Å². The van der Waals surface area contributed by atoms with Gasteiger partial charge in [0.15, 0.2) is 5.79 Å². The Kier molecular flexibility index (Phi) is 8.46. The van der Waals surface area contributed by atoms with Crippen molar-refractivity contribution in [2.75, 3.05) is 6.61 Å². The first-order valence-corrected chi connectivity index (χ1v) is 9.40. The van der Waals surface area contributed by atoms with Crippen LogP contribution in [0.1, 0.15) is 44.1 Å². The number of aliphatic hydroxyl groups is 2. The molecule has 0 heterocycles. The lowest BCUT2D eigenvalue weighted by Crippen LogP contribution is -2.30. The van der Waals surface area contributed by atoms with Crippen molar-refractivity contribution in [2.24, 2.45) is 5.14 Å². The summed E-state index contributed by atoms with van der Waals surface area (Å²) in [4.78, 5) is 0. The van der Waals surface area contributed by atoms with Crippen LogP contribution in [0.4, 0.5) is 0 Å². The molecular weight excluding hydrogens is 342 g/mol. The van der Waals surface area contributed by atoms with E-state index in [9.17, 15) is 8.42 Å². The van der Waals surface area contributed by atoms with Gasteiger partial charge in [0.25, 0.3) is 0 Å². The Hall–Kier alpha value is -0.700. The van der Waals surface area contributed by atoms with E-state index >= 15 is 0 Å². The molecule has 0 aliphatic heterocycles. The van der Waals surface area contributed by atoms with Crippen molar-refractivity contribution in [2.45, 2.75) is 50.7 Å². The number of hydrogen-bond donors (Lipinski definition) is 3. The highest BCUT2D eigenvalue weighted by molar-refractivity contribution is 7.84. The quantitative estimate of drug-likeness (QED) is 0.547. The lowest BCUT2D eigenvalue weighted by Gasteiger charge is -2.25. The molecule has 2 rings (SSSR count). The molecule has 1 aromatic carbocycles. The fourth-order valence-corrected chi connectivity index (χ4v) is 2.84. The average molecular weight is 366 g/mol. The molecule has 132 valence electrons. The van der Waals surface area contributed by atoms with Crippen molar-refractivity contribution in [3.8, 4) is 0 Å². The van der Waals surface area contributed by atoms with E-state index < -0.39 is 16.1 Å². The fourth-order valence-electron chi connectivity index (χ4n) is 2.26. The molecule has 6 nitrogen and oxygen atoms in total. The minimum Gasteiger partial charge on any atom is -0.366 e. The summed E-state index contributed by atoms with van der Waals surface area (Å²) in [7, 11) is -3.82. The van der Waals surface area contributed by atoms with Gasteiger partial charge in [-0.25, -0.2) is 5.14 Å². The Balaban J connectivity index is 0.000000277. The second-order valence-corrected chi connectivity index (χ2v) is 7.18. The molecule has 1 aliphatic rings. The summed E-state index contributed by atoms with van der Waals surface area (Å²) in [6.07, 6.45) is 5.43. The van der Waals surface area contributed by atoms with Crippen LogP contribution in [0.15, 0.2) is 24.3 Å². The van der Waals surface area contributed by atoms with Gasteiger partial charge in [0.1, 0.15) is 0 Å². The Labute approximate surface area is 142 Å².